The summed E-state index contributed by atoms with van der Waals surface area (Å²) in [4.78, 5) is 2.41. The minimum Gasteiger partial charge on any atom is -0.310 e. The van der Waals surface area contributed by atoms with Crippen LogP contribution in [0.15, 0.2) is 140 Å². The van der Waals surface area contributed by atoms with Gasteiger partial charge in [-0.2, -0.15) is 0 Å². The number of anilines is 3. The summed E-state index contributed by atoms with van der Waals surface area (Å²) in [6.07, 6.45) is 10.5. The molecule has 7 aromatic carbocycles. The minimum atomic E-state index is 0.462. The van der Waals surface area contributed by atoms with Gasteiger partial charge >= 0.3 is 0 Å². The van der Waals surface area contributed by atoms with Crippen molar-refractivity contribution in [3.05, 3.63) is 167 Å². The highest BCUT2D eigenvalue weighted by molar-refractivity contribution is 6.12. The Balaban J connectivity index is 1.02. The van der Waals surface area contributed by atoms with Gasteiger partial charge in [0.15, 0.2) is 0 Å². The normalized spacial score (nSPS) is 15.0. The van der Waals surface area contributed by atoms with E-state index in [1.807, 2.05) is 0 Å². The maximum Gasteiger partial charge on any atom is 0.0543 e. The summed E-state index contributed by atoms with van der Waals surface area (Å²) < 4.78 is 2.48. The van der Waals surface area contributed by atoms with Crippen LogP contribution in [0.3, 0.4) is 0 Å². The smallest absolute Gasteiger partial charge is 0.0543 e. The summed E-state index contributed by atoms with van der Waals surface area (Å²) in [6.45, 7) is 4.39. The molecule has 2 heteroatoms. The zero-order valence-corrected chi connectivity index (χ0v) is 28.1. The lowest BCUT2D eigenvalue weighted by atomic mass is 9.78. The van der Waals surface area contributed by atoms with Crippen molar-refractivity contribution in [2.75, 3.05) is 4.90 Å². The summed E-state index contributed by atoms with van der Waals surface area (Å²) >= 11 is 0. The molecule has 0 aliphatic heterocycles. The number of allylic oxidation sites excluding steroid dienone is 2. The van der Waals surface area contributed by atoms with Gasteiger partial charge in [-0.1, -0.05) is 78.9 Å². The molecule has 0 fully saturated rings. The van der Waals surface area contributed by atoms with E-state index in [0.717, 1.165) is 6.42 Å². The lowest BCUT2D eigenvalue weighted by molar-refractivity contribution is 0.851. The van der Waals surface area contributed by atoms with Crippen molar-refractivity contribution in [1.82, 2.24) is 4.57 Å². The largest absolute Gasteiger partial charge is 0.310 e. The Morgan fingerprint density at radius 2 is 1.22 bits per heavy atom. The molecule has 3 aliphatic rings. The van der Waals surface area contributed by atoms with Crippen LogP contribution in [-0.4, -0.2) is 4.57 Å². The molecular formula is C48H34N2. The van der Waals surface area contributed by atoms with E-state index >= 15 is 0 Å². The van der Waals surface area contributed by atoms with Gasteiger partial charge in [-0.25, -0.2) is 0 Å². The van der Waals surface area contributed by atoms with Crippen LogP contribution in [0.4, 0.5) is 17.1 Å². The van der Waals surface area contributed by atoms with Crippen molar-refractivity contribution in [3.63, 3.8) is 0 Å². The number of fused-ring (bicyclic) bond motifs is 6. The number of aromatic nitrogens is 1. The second kappa shape index (κ2) is 10.2. The van der Waals surface area contributed by atoms with E-state index in [9.17, 15) is 0 Å². The van der Waals surface area contributed by atoms with Crippen molar-refractivity contribution in [1.29, 1.82) is 0 Å². The van der Waals surface area contributed by atoms with Crippen molar-refractivity contribution in [2.45, 2.75) is 26.2 Å². The summed E-state index contributed by atoms with van der Waals surface area (Å²) in [6, 6.07) is 47.6. The first-order valence-electron chi connectivity index (χ1n) is 17.7. The van der Waals surface area contributed by atoms with E-state index in [-0.39, 0.29) is 0 Å². The fourth-order valence-corrected chi connectivity index (χ4v) is 8.92. The molecule has 8 aromatic rings. The lowest BCUT2D eigenvalue weighted by Crippen LogP contribution is -2.12. The maximum absolute atomic E-state index is 2.48. The highest BCUT2D eigenvalue weighted by atomic mass is 15.1. The van der Waals surface area contributed by atoms with Crippen LogP contribution in [0, 0.1) is 13.8 Å². The Morgan fingerprint density at radius 1 is 0.580 bits per heavy atom. The van der Waals surface area contributed by atoms with Crippen LogP contribution in [-0.2, 0) is 0 Å². The van der Waals surface area contributed by atoms with Gasteiger partial charge in [0.1, 0.15) is 0 Å². The Kier molecular flexibility index (Phi) is 5.67. The van der Waals surface area contributed by atoms with E-state index < -0.39 is 0 Å². The first-order valence-corrected chi connectivity index (χ1v) is 17.7. The molecule has 0 amide bonds. The third-order valence-corrected chi connectivity index (χ3v) is 11.4. The highest BCUT2D eigenvalue weighted by Crippen LogP contribution is 2.51. The van der Waals surface area contributed by atoms with Crippen LogP contribution in [0.2, 0.25) is 0 Å². The predicted octanol–water partition coefficient (Wildman–Crippen LogP) is 13.2. The van der Waals surface area contributed by atoms with Crippen LogP contribution >= 0.6 is 0 Å². The van der Waals surface area contributed by atoms with E-state index in [0.29, 0.717) is 5.92 Å². The van der Waals surface area contributed by atoms with E-state index in [4.69, 9.17) is 0 Å². The number of nitrogens with zero attached hydrogens (tertiary/aromatic N) is 2. The monoisotopic (exact) mass is 638 g/mol. The molecule has 0 spiro atoms. The van der Waals surface area contributed by atoms with E-state index in [1.165, 1.54) is 105 Å². The third-order valence-electron chi connectivity index (χ3n) is 11.4. The SMILES string of the molecule is Cc1ccccc1N(c1ccc2cc3c(cc2c1)-c1cc2ccc(-n4c5c6c7c(cccc74)C=CC6CC=C5)cc2cc1-3)c1ccccc1C. The molecule has 1 atom stereocenters. The number of aryl methyl sites for hydroxylation is 2. The average molecular weight is 639 g/mol. The summed E-state index contributed by atoms with van der Waals surface area (Å²) in [5.74, 6) is 0.462. The molecule has 0 saturated carbocycles. The zero-order valence-electron chi connectivity index (χ0n) is 28.1. The predicted molar refractivity (Wildman–Crippen MR) is 212 cm³/mol. The molecule has 2 nitrogen and oxygen atoms in total. The van der Waals surface area contributed by atoms with E-state index in [1.54, 1.807) is 0 Å². The van der Waals surface area contributed by atoms with Gasteiger partial charge in [-0.3, -0.25) is 0 Å². The van der Waals surface area contributed by atoms with Gasteiger partial charge in [-0.05, 0) is 159 Å². The van der Waals surface area contributed by atoms with Gasteiger partial charge in [0, 0.05) is 34.1 Å². The first-order chi connectivity index (χ1) is 24.6. The van der Waals surface area contributed by atoms with E-state index in [2.05, 4.69) is 175 Å². The molecule has 1 unspecified atom stereocenters. The van der Waals surface area contributed by atoms with Crippen molar-refractivity contribution < 1.29 is 0 Å². The second-order valence-electron chi connectivity index (χ2n) is 14.2. The zero-order chi connectivity index (χ0) is 33.1. The summed E-state index contributed by atoms with van der Waals surface area (Å²) in [5.41, 5.74) is 18.1. The Labute approximate surface area is 291 Å². The standard InChI is InChI=1S/C48H34N2/c1-29-9-3-5-13-43(29)49(44-14-6-4-10-30(44)2)37-21-19-33-25-39-41(27-35(33)23-37)40-26-34-20-22-38(24-36(34)28-42(39)40)50-45-15-7-11-31-17-18-32-12-8-16-46(50)48(32)47(31)45/h3-11,13-28,32H,12H2,1-2H3. The molecule has 0 bridgehead atoms. The molecule has 1 heterocycles. The molecular weight excluding hydrogens is 605 g/mol. The molecule has 3 aliphatic carbocycles. The van der Waals surface area contributed by atoms with Gasteiger partial charge in [0.2, 0.25) is 0 Å². The van der Waals surface area contributed by atoms with Gasteiger partial charge in [0.25, 0.3) is 0 Å². The number of hydrogen-bond acceptors (Lipinski definition) is 1. The van der Waals surface area contributed by atoms with Crippen molar-refractivity contribution in [3.8, 4) is 27.9 Å². The fraction of sp³-hybridized carbons (Fsp3) is 0.0833. The summed E-state index contributed by atoms with van der Waals surface area (Å²) in [7, 11) is 0. The van der Waals surface area contributed by atoms with Crippen LogP contribution in [0.1, 0.15) is 40.3 Å². The third kappa shape index (κ3) is 3.85. The number of benzene rings is 7. The number of para-hydroxylation sites is 2. The van der Waals surface area contributed by atoms with Gasteiger partial charge in [-0.15, -0.1) is 0 Å². The Morgan fingerprint density at radius 3 is 1.92 bits per heavy atom. The Bertz CT molecular complexity index is 2780. The molecule has 0 radical (unpaired) electrons. The summed E-state index contributed by atoms with van der Waals surface area (Å²) in [5, 5.41) is 6.51. The molecule has 1 aromatic heterocycles. The van der Waals surface area contributed by atoms with Gasteiger partial charge in [0.05, 0.1) is 11.2 Å². The molecule has 0 N–H and O–H groups in total. The molecule has 50 heavy (non-hydrogen) atoms. The molecule has 236 valence electrons. The average Bonchev–Trinajstić information content (AvgIpc) is 3.50. The maximum atomic E-state index is 2.48. The van der Waals surface area contributed by atoms with Crippen molar-refractivity contribution >= 4 is 61.7 Å². The fourth-order valence-electron chi connectivity index (χ4n) is 8.92. The number of rotatable bonds is 4. The second-order valence-corrected chi connectivity index (χ2v) is 14.2. The molecule has 11 rings (SSSR count). The topological polar surface area (TPSA) is 8.17 Å². The minimum absolute atomic E-state index is 0.462. The molecule has 0 saturated heterocycles. The van der Waals surface area contributed by atoms with Crippen LogP contribution in [0.25, 0.3) is 72.5 Å². The first kappa shape index (κ1) is 27.8. The quantitative estimate of drug-likeness (QED) is 0.186. The van der Waals surface area contributed by atoms with Crippen LogP contribution in [0.5, 0.6) is 0 Å². The Hall–Kier alpha value is -6.12. The highest BCUT2D eigenvalue weighted by Gasteiger charge is 2.28. The lowest BCUT2D eigenvalue weighted by Gasteiger charge is -2.29. The van der Waals surface area contributed by atoms with Crippen LogP contribution < -0.4 is 4.90 Å². The number of hydrogen-bond donors (Lipinski definition) is 0. The van der Waals surface area contributed by atoms with Crippen molar-refractivity contribution in [2.24, 2.45) is 0 Å². The van der Waals surface area contributed by atoms with Gasteiger partial charge < -0.3 is 9.47 Å².